The molecule has 2 unspecified atom stereocenters. The highest BCUT2D eigenvalue weighted by Gasteiger charge is 2.27. The largest absolute Gasteiger partial charge is 0.480 e. The molecule has 0 spiro atoms. The molecule has 2 atom stereocenters. The third kappa shape index (κ3) is 13.1. The van der Waals surface area contributed by atoms with Gasteiger partial charge in [0, 0.05) is 13.1 Å². The molecule has 0 radical (unpaired) electrons. The van der Waals surface area contributed by atoms with Crippen molar-refractivity contribution in [3.05, 3.63) is 0 Å². The van der Waals surface area contributed by atoms with Gasteiger partial charge in [-0.2, -0.15) is 0 Å². The summed E-state index contributed by atoms with van der Waals surface area (Å²) in [6.45, 7) is 4.13. The Morgan fingerprint density at radius 1 is 0.733 bits per heavy atom. The van der Waals surface area contributed by atoms with E-state index in [1.54, 1.807) is 13.8 Å². The summed E-state index contributed by atoms with van der Waals surface area (Å²) in [5, 5.41) is 22.7. The number of hydrogen-bond acceptors (Lipinski definition) is 6. The number of aliphatic imine (C=N–C) groups is 2. The van der Waals surface area contributed by atoms with Crippen LogP contribution in [-0.4, -0.2) is 70.8 Å². The van der Waals surface area contributed by atoms with Crippen molar-refractivity contribution in [2.75, 3.05) is 13.1 Å². The second-order valence-corrected chi connectivity index (χ2v) is 6.77. The molecule has 0 aromatic rings. The molecule has 2 amide bonds. The first-order valence-electron chi connectivity index (χ1n) is 9.64. The molecule has 0 bridgehead atoms. The Morgan fingerprint density at radius 2 is 1.07 bits per heavy atom. The molecular weight excluding hydrogens is 396 g/mol. The zero-order valence-corrected chi connectivity index (χ0v) is 17.4. The average Bonchev–Trinajstić information content (AvgIpc) is 2.64. The van der Waals surface area contributed by atoms with E-state index in [1.807, 2.05) is 0 Å². The van der Waals surface area contributed by atoms with Crippen molar-refractivity contribution in [2.45, 2.75) is 64.5 Å². The van der Waals surface area contributed by atoms with Gasteiger partial charge in [-0.1, -0.05) is 0 Å². The Hall–Kier alpha value is -3.18. The molecule has 0 rings (SSSR count). The van der Waals surface area contributed by atoms with Crippen LogP contribution in [0.15, 0.2) is 9.98 Å². The van der Waals surface area contributed by atoms with E-state index in [0.29, 0.717) is 50.4 Å². The third-order valence-electron chi connectivity index (χ3n) is 3.94. The smallest absolute Gasteiger partial charge is 0.326 e. The summed E-state index contributed by atoms with van der Waals surface area (Å²) in [6.07, 6.45) is 2.20. The van der Waals surface area contributed by atoms with E-state index in [0.717, 1.165) is 0 Å². The highest BCUT2D eigenvalue weighted by molar-refractivity contribution is 6.35. The molecule has 0 saturated heterocycles. The van der Waals surface area contributed by atoms with Crippen LogP contribution in [0.25, 0.3) is 0 Å². The second-order valence-electron chi connectivity index (χ2n) is 6.77. The van der Waals surface area contributed by atoms with Gasteiger partial charge >= 0.3 is 23.8 Å². The number of carboxylic acids is 2. The maximum absolute atomic E-state index is 12.0. The van der Waals surface area contributed by atoms with Gasteiger partial charge in [0.15, 0.2) is 0 Å². The van der Waals surface area contributed by atoms with Crippen molar-refractivity contribution in [1.29, 1.82) is 0 Å². The van der Waals surface area contributed by atoms with Crippen molar-refractivity contribution >= 4 is 35.4 Å². The van der Waals surface area contributed by atoms with E-state index in [9.17, 15) is 29.4 Å². The maximum Gasteiger partial charge on any atom is 0.326 e. The van der Waals surface area contributed by atoms with Crippen molar-refractivity contribution in [3.8, 4) is 0 Å². The molecule has 12 heteroatoms. The van der Waals surface area contributed by atoms with Gasteiger partial charge in [-0.15, -0.1) is 0 Å². The Labute approximate surface area is 175 Å². The van der Waals surface area contributed by atoms with Gasteiger partial charge in [0.25, 0.3) is 0 Å². The molecule has 0 aliphatic carbocycles. The summed E-state index contributed by atoms with van der Waals surface area (Å²) < 4.78 is 0. The molecule has 0 aliphatic heterocycles. The Kier molecular flexibility index (Phi) is 13.2. The van der Waals surface area contributed by atoms with Gasteiger partial charge in [0.2, 0.25) is 0 Å². The highest BCUT2D eigenvalue weighted by atomic mass is 16.4. The number of amidine groups is 2. The second kappa shape index (κ2) is 14.8. The maximum atomic E-state index is 12.0. The number of nitrogens with zero attached hydrogens (tertiary/aromatic N) is 2. The molecule has 30 heavy (non-hydrogen) atoms. The minimum Gasteiger partial charge on any atom is -0.480 e. The van der Waals surface area contributed by atoms with Crippen LogP contribution in [-0.2, 0) is 19.2 Å². The number of rotatable bonds is 14. The van der Waals surface area contributed by atoms with Gasteiger partial charge in [0.1, 0.15) is 12.1 Å². The number of nitrogens with one attached hydrogen (secondary N) is 2. The molecule has 0 heterocycles. The Balaban J connectivity index is 4.56. The van der Waals surface area contributed by atoms with Crippen molar-refractivity contribution < 1.29 is 29.4 Å². The van der Waals surface area contributed by atoms with Crippen molar-refractivity contribution in [1.82, 2.24) is 10.6 Å². The summed E-state index contributed by atoms with van der Waals surface area (Å²) in [6, 6.07) is -2.54. The standard InChI is InChI=1S/C18H32N6O6/c1-11(19)21-9-5-3-7-13(17(27)28)23-15(25)16(26)24-14(18(29)30)8-4-6-10-22-12(2)20/h13-14H,3-10H2,1-2H3,(H2,19,21)(H2,20,22)(H,23,25)(H,24,26)(H,27,28)(H,29,30). The van der Waals surface area contributed by atoms with E-state index < -0.39 is 35.8 Å². The van der Waals surface area contributed by atoms with Crippen molar-refractivity contribution in [2.24, 2.45) is 21.5 Å². The first-order valence-corrected chi connectivity index (χ1v) is 9.64. The SMILES string of the molecule is CC(N)=NCCCCC(NC(=O)C(=O)NC(CCCCN=C(C)N)C(=O)O)C(=O)O. The number of carboxylic acid groups (broad SMARTS) is 2. The van der Waals surface area contributed by atoms with Crippen LogP contribution in [0.2, 0.25) is 0 Å². The minimum atomic E-state index is -1.29. The lowest BCUT2D eigenvalue weighted by Gasteiger charge is -2.16. The fourth-order valence-electron chi connectivity index (χ4n) is 2.39. The van der Waals surface area contributed by atoms with Gasteiger partial charge in [-0.05, 0) is 52.4 Å². The van der Waals surface area contributed by atoms with Gasteiger partial charge in [-0.25, -0.2) is 9.59 Å². The van der Waals surface area contributed by atoms with E-state index in [4.69, 9.17) is 11.5 Å². The summed E-state index contributed by atoms with van der Waals surface area (Å²) in [4.78, 5) is 54.5. The van der Waals surface area contributed by atoms with E-state index in [1.165, 1.54) is 0 Å². The van der Waals surface area contributed by atoms with Crippen LogP contribution in [0.3, 0.4) is 0 Å². The van der Waals surface area contributed by atoms with Crippen LogP contribution in [0.4, 0.5) is 0 Å². The lowest BCUT2D eigenvalue weighted by atomic mass is 10.1. The predicted molar refractivity (Wildman–Crippen MR) is 111 cm³/mol. The zero-order chi connectivity index (χ0) is 23.1. The molecule has 0 aliphatic rings. The predicted octanol–water partition coefficient (Wildman–Crippen LogP) is -0.780. The fraction of sp³-hybridized carbons (Fsp3) is 0.667. The monoisotopic (exact) mass is 428 g/mol. The van der Waals surface area contributed by atoms with E-state index >= 15 is 0 Å². The summed E-state index contributed by atoms with van der Waals surface area (Å²) in [7, 11) is 0. The van der Waals surface area contributed by atoms with Crippen molar-refractivity contribution in [3.63, 3.8) is 0 Å². The molecule has 0 aromatic heterocycles. The normalized spacial score (nSPS) is 13.9. The van der Waals surface area contributed by atoms with E-state index in [-0.39, 0.29) is 12.8 Å². The molecule has 0 saturated carbocycles. The lowest BCUT2D eigenvalue weighted by molar-refractivity contribution is -0.147. The van der Waals surface area contributed by atoms with Crippen LogP contribution < -0.4 is 22.1 Å². The van der Waals surface area contributed by atoms with Gasteiger partial charge < -0.3 is 32.3 Å². The minimum absolute atomic E-state index is 0.0942. The fourth-order valence-corrected chi connectivity index (χ4v) is 2.39. The zero-order valence-electron chi connectivity index (χ0n) is 17.4. The van der Waals surface area contributed by atoms with E-state index in [2.05, 4.69) is 20.6 Å². The average molecular weight is 428 g/mol. The molecule has 170 valence electrons. The topological polar surface area (TPSA) is 210 Å². The summed E-state index contributed by atoms with van der Waals surface area (Å²) >= 11 is 0. The van der Waals surface area contributed by atoms with Crippen LogP contribution in [0, 0.1) is 0 Å². The molecule has 12 nitrogen and oxygen atoms in total. The van der Waals surface area contributed by atoms with Crippen LogP contribution in [0.1, 0.15) is 52.4 Å². The molecule has 0 fully saturated rings. The quantitative estimate of drug-likeness (QED) is 0.0892. The molecule has 8 N–H and O–H groups in total. The third-order valence-corrected chi connectivity index (χ3v) is 3.94. The number of unbranched alkanes of at least 4 members (excludes halogenated alkanes) is 2. The number of amides is 2. The van der Waals surface area contributed by atoms with Crippen LogP contribution >= 0.6 is 0 Å². The summed E-state index contributed by atoms with van der Waals surface area (Å²) in [5.41, 5.74) is 10.8. The first-order chi connectivity index (χ1) is 14.0. The lowest BCUT2D eigenvalue weighted by Crippen LogP contribution is -2.51. The number of carbonyl (C=O) groups excluding carboxylic acids is 2. The summed E-state index contributed by atoms with van der Waals surface area (Å²) in [5.74, 6) is -4.14. The number of aliphatic carboxylic acids is 2. The van der Waals surface area contributed by atoms with Gasteiger partial charge in [-0.3, -0.25) is 19.6 Å². The molecule has 0 aromatic carbocycles. The highest BCUT2D eigenvalue weighted by Crippen LogP contribution is 2.04. The van der Waals surface area contributed by atoms with Crippen LogP contribution in [0.5, 0.6) is 0 Å². The first kappa shape index (κ1) is 26.8. The molecular formula is C18H32N6O6. The number of carbonyl (C=O) groups is 4. The Morgan fingerprint density at radius 3 is 1.33 bits per heavy atom. The number of hydrogen-bond donors (Lipinski definition) is 6. The number of nitrogens with two attached hydrogens (primary N) is 2. The Bertz CT molecular complexity index is 600. The van der Waals surface area contributed by atoms with Gasteiger partial charge in [0.05, 0.1) is 11.7 Å².